The SMILES string of the molecule is C[N+]1(CCCCCc2ccc(O)c(C3OCCO3)n2)CCOCC1. The summed E-state index contributed by atoms with van der Waals surface area (Å²) in [7, 11) is 2.33. The Balaban J connectivity index is 1.42. The number of aromatic hydroxyl groups is 1. The highest BCUT2D eigenvalue weighted by Crippen LogP contribution is 2.29. The second-order valence-electron chi connectivity index (χ2n) is 6.99. The molecule has 0 radical (unpaired) electrons. The van der Waals surface area contributed by atoms with E-state index in [0.29, 0.717) is 18.9 Å². The van der Waals surface area contributed by atoms with Crippen LogP contribution in [0.5, 0.6) is 5.75 Å². The number of hydrogen-bond acceptors (Lipinski definition) is 5. The monoisotopic (exact) mass is 337 g/mol. The topological polar surface area (TPSA) is 60.8 Å². The number of morpholine rings is 1. The first-order valence-corrected chi connectivity index (χ1v) is 9.00. The third-order valence-electron chi connectivity index (χ3n) is 4.99. The molecule has 0 bridgehead atoms. The summed E-state index contributed by atoms with van der Waals surface area (Å²) in [6.45, 7) is 6.37. The van der Waals surface area contributed by atoms with Crippen LogP contribution in [0.15, 0.2) is 12.1 Å². The molecule has 1 aromatic heterocycles. The molecular formula is C18H29N2O4+. The molecule has 0 amide bonds. The van der Waals surface area contributed by atoms with Gasteiger partial charge in [0.2, 0.25) is 6.29 Å². The molecule has 6 nitrogen and oxygen atoms in total. The molecule has 0 aliphatic carbocycles. The maximum atomic E-state index is 9.94. The van der Waals surface area contributed by atoms with Crippen LogP contribution < -0.4 is 0 Å². The Bertz CT molecular complexity index is 526. The Kier molecular flexibility index (Phi) is 6.05. The van der Waals surface area contributed by atoms with Gasteiger partial charge in [-0.3, -0.25) is 0 Å². The zero-order chi connectivity index (χ0) is 16.8. The Labute approximate surface area is 143 Å². The number of rotatable bonds is 7. The normalized spacial score (nSPS) is 21.2. The van der Waals surface area contributed by atoms with Crippen LogP contribution in [0.3, 0.4) is 0 Å². The molecule has 134 valence electrons. The zero-order valence-electron chi connectivity index (χ0n) is 14.6. The lowest BCUT2D eigenvalue weighted by atomic mass is 10.1. The lowest BCUT2D eigenvalue weighted by Crippen LogP contribution is -2.52. The van der Waals surface area contributed by atoms with Crippen LogP contribution in [0.1, 0.15) is 36.9 Å². The van der Waals surface area contributed by atoms with Gasteiger partial charge in [0.15, 0.2) is 0 Å². The lowest BCUT2D eigenvalue weighted by Gasteiger charge is -2.37. The minimum absolute atomic E-state index is 0.149. The van der Waals surface area contributed by atoms with E-state index < -0.39 is 6.29 Å². The molecule has 6 heteroatoms. The Morgan fingerprint density at radius 2 is 1.83 bits per heavy atom. The van der Waals surface area contributed by atoms with Crippen molar-refractivity contribution in [3.63, 3.8) is 0 Å². The largest absolute Gasteiger partial charge is 0.506 e. The average molecular weight is 337 g/mol. The van der Waals surface area contributed by atoms with Crippen LogP contribution in [0.2, 0.25) is 0 Å². The van der Waals surface area contributed by atoms with Crippen LogP contribution >= 0.6 is 0 Å². The summed E-state index contributed by atoms with van der Waals surface area (Å²) in [6.07, 6.45) is 3.95. The fraction of sp³-hybridized carbons (Fsp3) is 0.722. The molecule has 1 N–H and O–H groups in total. The number of unbranched alkanes of at least 4 members (excludes halogenated alkanes) is 2. The second-order valence-corrected chi connectivity index (χ2v) is 6.99. The van der Waals surface area contributed by atoms with Gasteiger partial charge in [0.05, 0.1) is 40.0 Å². The standard InChI is InChI=1S/C18H28N2O4/c1-20(9-11-22-12-10-20)8-4-2-3-5-15-6-7-16(21)17(19-15)18-23-13-14-24-18/h6-7,18H,2-5,8-14H2,1H3/p+1. The molecule has 0 saturated carbocycles. The highest BCUT2D eigenvalue weighted by atomic mass is 16.7. The summed E-state index contributed by atoms with van der Waals surface area (Å²) in [5.74, 6) is 0.149. The molecule has 0 spiro atoms. The van der Waals surface area contributed by atoms with Crippen LogP contribution in [0, 0.1) is 0 Å². The minimum Gasteiger partial charge on any atom is -0.506 e. The van der Waals surface area contributed by atoms with Gasteiger partial charge in [-0.1, -0.05) is 0 Å². The molecule has 0 unspecified atom stereocenters. The van der Waals surface area contributed by atoms with E-state index >= 15 is 0 Å². The molecule has 0 aromatic carbocycles. The number of aromatic nitrogens is 1. The van der Waals surface area contributed by atoms with E-state index in [0.717, 1.165) is 49.3 Å². The molecule has 2 aliphatic rings. The van der Waals surface area contributed by atoms with E-state index in [1.807, 2.05) is 6.07 Å². The Morgan fingerprint density at radius 3 is 2.58 bits per heavy atom. The predicted octanol–water partition coefficient (Wildman–Crippen LogP) is 2.02. The van der Waals surface area contributed by atoms with Crippen molar-refractivity contribution in [2.24, 2.45) is 0 Å². The first-order chi connectivity index (χ1) is 11.7. The molecule has 3 rings (SSSR count). The Hall–Kier alpha value is -1.21. The summed E-state index contributed by atoms with van der Waals surface area (Å²) in [6, 6.07) is 3.59. The van der Waals surface area contributed by atoms with E-state index in [1.165, 1.54) is 19.4 Å². The number of hydrogen-bond donors (Lipinski definition) is 1. The molecule has 2 fully saturated rings. The number of quaternary nitrogens is 1. The Morgan fingerprint density at radius 1 is 1.08 bits per heavy atom. The van der Waals surface area contributed by atoms with Crippen molar-refractivity contribution in [2.75, 3.05) is 53.1 Å². The van der Waals surface area contributed by atoms with Crippen molar-refractivity contribution >= 4 is 0 Å². The molecular weight excluding hydrogens is 308 g/mol. The zero-order valence-corrected chi connectivity index (χ0v) is 14.6. The van der Waals surface area contributed by atoms with Crippen molar-refractivity contribution in [1.29, 1.82) is 0 Å². The summed E-state index contributed by atoms with van der Waals surface area (Å²) < 4.78 is 17.5. The highest BCUT2D eigenvalue weighted by Gasteiger charge is 2.25. The third kappa shape index (κ3) is 4.66. The summed E-state index contributed by atoms with van der Waals surface area (Å²) >= 11 is 0. The highest BCUT2D eigenvalue weighted by molar-refractivity contribution is 5.29. The second kappa shape index (κ2) is 8.25. The third-order valence-corrected chi connectivity index (χ3v) is 4.99. The van der Waals surface area contributed by atoms with Crippen molar-refractivity contribution in [1.82, 2.24) is 4.98 Å². The number of aryl methyl sites for hydroxylation is 1. The van der Waals surface area contributed by atoms with Gasteiger partial charge in [0.1, 0.15) is 24.5 Å². The average Bonchev–Trinajstić information content (AvgIpc) is 3.11. The molecule has 2 saturated heterocycles. The van der Waals surface area contributed by atoms with Gasteiger partial charge < -0.3 is 23.8 Å². The van der Waals surface area contributed by atoms with E-state index in [2.05, 4.69) is 12.0 Å². The number of nitrogens with zero attached hydrogens (tertiary/aromatic N) is 2. The minimum atomic E-state index is -0.518. The van der Waals surface area contributed by atoms with E-state index in [-0.39, 0.29) is 5.75 Å². The molecule has 2 aliphatic heterocycles. The fourth-order valence-electron chi connectivity index (χ4n) is 3.32. The van der Waals surface area contributed by atoms with Gasteiger partial charge in [0, 0.05) is 5.69 Å². The van der Waals surface area contributed by atoms with Crippen molar-refractivity contribution < 1.29 is 23.8 Å². The molecule has 0 atom stereocenters. The number of likely N-dealkylation sites (N-methyl/N-ethyl adjacent to an activating group) is 1. The van der Waals surface area contributed by atoms with Crippen LogP contribution in [0.25, 0.3) is 0 Å². The van der Waals surface area contributed by atoms with E-state index in [9.17, 15) is 5.11 Å². The van der Waals surface area contributed by atoms with Crippen molar-refractivity contribution in [3.8, 4) is 5.75 Å². The van der Waals surface area contributed by atoms with E-state index in [1.54, 1.807) is 6.07 Å². The van der Waals surface area contributed by atoms with Crippen molar-refractivity contribution in [2.45, 2.75) is 32.0 Å². The van der Waals surface area contributed by atoms with E-state index in [4.69, 9.17) is 14.2 Å². The number of ether oxygens (including phenoxy) is 3. The van der Waals surface area contributed by atoms with Gasteiger partial charge in [-0.05, 0) is 37.8 Å². The van der Waals surface area contributed by atoms with Gasteiger partial charge in [-0.2, -0.15) is 0 Å². The van der Waals surface area contributed by atoms with Crippen molar-refractivity contribution in [3.05, 3.63) is 23.5 Å². The molecule has 1 aromatic rings. The van der Waals surface area contributed by atoms with Gasteiger partial charge in [0.25, 0.3) is 0 Å². The maximum Gasteiger partial charge on any atom is 0.204 e. The number of pyridine rings is 1. The summed E-state index contributed by atoms with van der Waals surface area (Å²) in [5, 5.41) is 9.94. The van der Waals surface area contributed by atoms with Gasteiger partial charge in [-0.15, -0.1) is 0 Å². The first kappa shape index (κ1) is 17.6. The van der Waals surface area contributed by atoms with Crippen LogP contribution in [-0.4, -0.2) is 67.7 Å². The summed E-state index contributed by atoms with van der Waals surface area (Å²) in [4.78, 5) is 4.53. The summed E-state index contributed by atoms with van der Waals surface area (Å²) in [5.41, 5.74) is 1.50. The fourth-order valence-corrected chi connectivity index (χ4v) is 3.32. The van der Waals surface area contributed by atoms with Gasteiger partial charge in [-0.25, -0.2) is 4.98 Å². The quantitative estimate of drug-likeness (QED) is 0.609. The van der Waals surface area contributed by atoms with Crippen LogP contribution in [0.4, 0.5) is 0 Å². The first-order valence-electron chi connectivity index (χ1n) is 9.00. The molecule has 24 heavy (non-hydrogen) atoms. The predicted molar refractivity (Wildman–Crippen MR) is 89.7 cm³/mol. The maximum absolute atomic E-state index is 9.94. The molecule has 3 heterocycles. The smallest absolute Gasteiger partial charge is 0.204 e. The van der Waals surface area contributed by atoms with Gasteiger partial charge >= 0.3 is 0 Å². The van der Waals surface area contributed by atoms with Crippen LogP contribution in [-0.2, 0) is 20.6 Å². The lowest BCUT2D eigenvalue weighted by molar-refractivity contribution is -0.917.